The zero-order valence-electron chi connectivity index (χ0n) is 14.0. The van der Waals surface area contributed by atoms with E-state index in [0.29, 0.717) is 12.8 Å². The number of carbonyl (C=O) groups is 1. The molecule has 7 nitrogen and oxygen atoms in total. The Bertz CT molecular complexity index is 526. The van der Waals surface area contributed by atoms with Crippen LogP contribution >= 0.6 is 0 Å². The Morgan fingerprint density at radius 1 is 1.30 bits per heavy atom. The second kappa shape index (κ2) is 7.02. The molecule has 1 aliphatic heterocycles. The molecule has 1 heterocycles. The summed E-state index contributed by atoms with van der Waals surface area (Å²) < 4.78 is 5.27. The van der Waals surface area contributed by atoms with Gasteiger partial charge in [0.05, 0.1) is 4.92 Å². The average Bonchev–Trinajstić information content (AvgIpc) is 2.46. The highest BCUT2D eigenvalue weighted by atomic mass is 16.6. The topological polar surface area (TPSA) is 84.7 Å². The van der Waals surface area contributed by atoms with E-state index in [9.17, 15) is 14.9 Å². The van der Waals surface area contributed by atoms with Crippen LogP contribution < -0.4 is 5.32 Å². The lowest BCUT2D eigenvalue weighted by atomic mass is 10.0. The minimum Gasteiger partial charge on any atom is -0.444 e. The Morgan fingerprint density at radius 3 is 2.43 bits per heavy atom. The first-order valence-corrected chi connectivity index (χ1v) is 8.03. The number of alkyl carbamates (subject to hydrolysis) is 1. The highest BCUT2D eigenvalue weighted by molar-refractivity contribution is 5.68. The standard InChI is InChI=1S/C16H25N3O4/c1-16(2,3)23-15(20)17-12-8-10-18(11-9-12)13-4-6-14(7-5-13)19(21)22/h4,6,12H,5,7-11H2,1-3H3,(H,17,20). The molecule has 2 rings (SSSR count). The maximum Gasteiger partial charge on any atom is 0.407 e. The first-order chi connectivity index (χ1) is 10.7. The molecule has 0 unspecified atom stereocenters. The van der Waals surface area contributed by atoms with Crippen LogP contribution in [0.2, 0.25) is 0 Å². The Kier molecular flexibility index (Phi) is 5.28. The molecule has 1 N–H and O–H groups in total. The summed E-state index contributed by atoms with van der Waals surface area (Å²) in [5, 5.41) is 13.6. The number of ether oxygens (including phenoxy) is 1. The summed E-state index contributed by atoms with van der Waals surface area (Å²) in [4.78, 5) is 24.4. The van der Waals surface area contributed by atoms with Gasteiger partial charge >= 0.3 is 6.09 Å². The van der Waals surface area contributed by atoms with Crippen LogP contribution in [-0.4, -0.2) is 40.6 Å². The largest absolute Gasteiger partial charge is 0.444 e. The predicted octanol–water partition coefficient (Wildman–Crippen LogP) is 2.81. The molecule has 1 aliphatic carbocycles. The number of amides is 1. The van der Waals surface area contributed by atoms with Crippen molar-refractivity contribution in [2.24, 2.45) is 0 Å². The van der Waals surface area contributed by atoms with E-state index in [1.54, 1.807) is 6.08 Å². The fourth-order valence-electron chi connectivity index (χ4n) is 2.82. The summed E-state index contributed by atoms with van der Waals surface area (Å²) in [6, 6.07) is 0.121. The Balaban J connectivity index is 1.81. The van der Waals surface area contributed by atoms with Crippen LogP contribution in [0.3, 0.4) is 0 Å². The Labute approximate surface area is 136 Å². The van der Waals surface area contributed by atoms with Crippen molar-refractivity contribution in [1.82, 2.24) is 10.2 Å². The molecule has 0 atom stereocenters. The summed E-state index contributed by atoms with van der Waals surface area (Å²) in [6.07, 6.45) is 5.97. The third-order valence-corrected chi connectivity index (χ3v) is 3.96. The van der Waals surface area contributed by atoms with Crippen LogP contribution in [0.25, 0.3) is 0 Å². The number of nitro groups is 1. The molecular formula is C16H25N3O4. The molecule has 23 heavy (non-hydrogen) atoms. The van der Waals surface area contributed by atoms with Crippen molar-refractivity contribution in [2.45, 2.75) is 58.1 Å². The molecule has 0 radical (unpaired) electrons. The van der Waals surface area contributed by atoms with Crippen LogP contribution in [0.5, 0.6) is 0 Å². The summed E-state index contributed by atoms with van der Waals surface area (Å²) in [7, 11) is 0. The van der Waals surface area contributed by atoms with Gasteiger partial charge in [0.25, 0.3) is 0 Å². The quantitative estimate of drug-likeness (QED) is 0.637. The van der Waals surface area contributed by atoms with Crippen LogP contribution in [0.4, 0.5) is 4.79 Å². The summed E-state index contributed by atoms with van der Waals surface area (Å²) in [6.45, 7) is 7.22. The van der Waals surface area contributed by atoms with Gasteiger partial charge in [0.2, 0.25) is 5.70 Å². The van der Waals surface area contributed by atoms with E-state index in [1.807, 2.05) is 26.8 Å². The normalized spacial score (nSPS) is 19.7. The van der Waals surface area contributed by atoms with Gasteiger partial charge in [-0.15, -0.1) is 0 Å². The van der Waals surface area contributed by atoms with Crippen molar-refractivity contribution in [2.75, 3.05) is 13.1 Å². The smallest absolute Gasteiger partial charge is 0.407 e. The molecule has 128 valence electrons. The molecule has 0 aromatic carbocycles. The van der Waals surface area contributed by atoms with Gasteiger partial charge in [-0.1, -0.05) is 0 Å². The van der Waals surface area contributed by atoms with Crippen LogP contribution in [0.15, 0.2) is 23.5 Å². The van der Waals surface area contributed by atoms with E-state index < -0.39 is 5.60 Å². The van der Waals surface area contributed by atoms with Gasteiger partial charge in [0.1, 0.15) is 5.60 Å². The number of piperidine rings is 1. The van der Waals surface area contributed by atoms with E-state index in [2.05, 4.69) is 10.2 Å². The number of rotatable bonds is 3. The number of carbonyl (C=O) groups excluding carboxylic acids is 1. The minimum absolute atomic E-state index is 0.121. The maximum absolute atomic E-state index is 11.8. The van der Waals surface area contributed by atoms with Gasteiger partial charge in [0.15, 0.2) is 0 Å². The van der Waals surface area contributed by atoms with E-state index in [0.717, 1.165) is 31.6 Å². The predicted molar refractivity (Wildman–Crippen MR) is 86.4 cm³/mol. The molecule has 1 saturated heterocycles. The summed E-state index contributed by atoms with van der Waals surface area (Å²) in [5.41, 5.74) is 0.931. The van der Waals surface area contributed by atoms with Crippen molar-refractivity contribution in [3.05, 3.63) is 33.7 Å². The second-order valence-electron chi connectivity index (χ2n) is 6.98. The van der Waals surface area contributed by atoms with Gasteiger partial charge in [-0.25, -0.2) is 4.79 Å². The van der Waals surface area contributed by atoms with E-state index in [-0.39, 0.29) is 22.8 Å². The van der Waals surface area contributed by atoms with Gasteiger partial charge < -0.3 is 15.0 Å². The van der Waals surface area contributed by atoms with Crippen LogP contribution in [0.1, 0.15) is 46.5 Å². The van der Waals surface area contributed by atoms with Gasteiger partial charge in [-0.3, -0.25) is 10.1 Å². The summed E-state index contributed by atoms with van der Waals surface area (Å²) >= 11 is 0. The molecule has 0 bridgehead atoms. The Morgan fingerprint density at radius 2 is 1.96 bits per heavy atom. The highest BCUT2D eigenvalue weighted by Crippen LogP contribution is 2.24. The van der Waals surface area contributed by atoms with E-state index in [1.165, 1.54) is 0 Å². The lowest BCUT2D eigenvalue weighted by Crippen LogP contribution is -2.45. The first-order valence-electron chi connectivity index (χ1n) is 8.03. The Hall–Kier alpha value is -2.05. The minimum atomic E-state index is -0.487. The lowest BCUT2D eigenvalue weighted by molar-refractivity contribution is -0.428. The number of nitrogens with zero attached hydrogens (tertiary/aromatic N) is 2. The summed E-state index contributed by atoms with van der Waals surface area (Å²) in [5.74, 6) is 0. The number of hydrogen-bond donors (Lipinski definition) is 1. The third kappa shape index (κ3) is 5.26. The molecule has 0 spiro atoms. The second-order valence-corrected chi connectivity index (χ2v) is 6.98. The molecule has 0 aromatic heterocycles. The number of nitrogens with one attached hydrogen (secondary N) is 1. The van der Waals surface area contributed by atoms with Gasteiger partial charge in [-0.2, -0.15) is 0 Å². The average molecular weight is 323 g/mol. The van der Waals surface area contributed by atoms with Crippen LogP contribution in [0, 0.1) is 10.1 Å². The molecule has 1 amide bonds. The van der Waals surface area contributed by atoms with Crippen LogP contribution in [-0.2, 0) is 4.74 Å². The van der Waals surface area contributed by atoms with Crippen molar-refractivity contribution < 1.29 is 14.5 Å². The van der Waals surface area contributed by atoms with Crippen molar-refractivity contribution in [3.63, 3.8) is 0 Å². The SMILES string of the molecule is CC(C)(C)OC(=O)NC1CCN(C2=CC=C([N+](=O)[O-])CC2)CC1. The molecule has 0 aromatic rings. The number of allylic oxidation sites excluding steroid dienone is 4. The molecule has 2 aliphatic rings. The zero-order valence-corrected chi connectivity index (χ0v) is 14.0. The highest BCUT2D eigenvalue weighted by Gasteiger charge is 2.26. The van der Waals surface area contributed by atoms with E-state index >= 15 is 0 Å². The monoisotopic (exact) mass is 323 g/mol. The number of hydrogen-bond acceptors (Lipinski definition) is 5. The first kappa shape index (κ1) is 17.3. The number of likely N-dealkylation sites (tertiary alicyclic amines) is 1. The molecule has 7 heteroatoms. The van der Waals surface area contributed by atoms with Crippen molar-refractivity contribution in [3.8, 4) is 0 Å². The van der Waals surface area contributed by atoms with Crippen molar-refractivity contribution in [1.29, 1.82) is 0 Å². The molecular weight excluding hydrogens is 298 g/mol. The fraction of sp³-hybridized carbons (Fsp3) is 0.688. The van der Waals surface area contributed by atoms with Crippen molar-refractivity contribution >= 4 is 6.09 Å². The lowest BCUT2D eigenvalue weighted by Gasteiger charge is -2.36. The zero-order chi connectivity index (χ0) is 17.0. The molecule has 1 fully saturated rings. The molecule has 0 saturated carbocycles. The van der Waals surface area contributed by atoms with Gasteiger partial charge in [0, 0.05) is 37.3 Å². The fourth-order valence-corrected chi connectivity index (χ4v) is 2.82. The van der Waals surface area contributed by atoms with Gasteiger partial charge in [-0.05, 0) is 46.1 Å². The third-order valence-electron chi connectivity index (χ3n) is 3.96. The maximum atomic E-state index is 11.8. The van der Waals surface area contributed by atoms with E-state index in [4.69, 9.17) is 4.74 Å².